The van der Waals surface area contributed by atoms with E-state index in [1.165, 1.54) is 4.90 Å². The van der Waals surface area contributed by atoms with Gasteiger partial charge in [-0.1, -0.05) is 30.3 Å². The Morgan fingerprint density at radius 1 is 1.15 bits per heavy atom. The standard InChI is InChI=1S/C29H30FN3O7/c1-33(2)23-17-9-14-8-16-20(18(34)10-15(22(16)30)12-32-11-13-6-4-3-5-7-13)24(35)19(14)26(37)29(17,40)27(38)21(25(23)36)28(31)39/h3-7,10,14,17,23,32,34,36-37,40H,8-9,11-12H2,1-2H3,(H2,31,39)/t14-,17-,23-,29-/m0/s1. The van der Waals surface area contributed by atoms with E-state index in [-0.39, 0.29) is 41.6 Å². The van der Waals surface area contributed by atoms with E-state index in [4.69, 9.17) is 5.73 Å². The predicted octanol–water partition coefficient (Wildman–Crippen LogP) is 1.55. The van der Waals surface area contributed by atoms with Gasteiger partial charge in [-0.2, -0.15) is 0 Å². The van der Waals surface area contributed by atoms with E-state index in [1.807, 2.05) is 30.3 Å². The van der Waals surface area contributed by atoms with Crippen LogP contribution in [0.15, 0.2) is 59.1 Å². The predicted molar refractivity (Wildman–Crippen MR) is 141 cm³/mol. The molecule has 7 N–H and O–H groups in total. The number of phenols is 1. The average Bonchev–Trinajstić information content (AvgIpc) is 2.89. The highest BCUT2D eigenvalue weighted by Crippen LogP contribution is 2.52. The fraction of sp³-hybridized carbons (Fsp3) is 0.345. The summed E-state index contributed by atoms with van der Waals surface area (Å²) in [6.07, 6.45) is -0.219. The average molecular weight is 552 g/mol. The van der Waals surface area contributed by atoms with Crippen LogP contribution in [0, 0.1) is 17.7 Å². The largest absolute Gasteiger partial charge is 0.510 e. The molecule has 0 aromatic heterocycles. The molecule has 0 aliphatic heterocycles. The molecule has 0 spiro atoms. The maximum Gasteiger partial charge on any atom is 0.255 e. The van der Waals surface area contributed by atoms with Crippen molar-refractivity contribution in [1.29, 1.82) is 0 Å². The monoisotopic (exact) mass is 551 g/mol. The van der Waals surface area contributed by atoms with Crippen molar-refractivity contribution in [2.45, 2.75) is 37.6 Å². The summed E-state index contributed by atoms with van der Waals surface area (Å²) in [6, 6.07) is 9.49. The number of allylic oxidation sites excluding steroid dienone is 1. The summed E-state index contributed by atoms with van der Waals surface area (Å²) in [5, 5.41) is 47.6. The Bertz CT molecular complexity index is 1500. The van der Waals surface area contributed by atoms with Gasteiger partial charge in [-0.3, -0.25) is 19.3 Å². The number of aliphatic hydroxyl groups is 3. The lowest BCUT2D eigenvalue weighted by atomic mass is 9.58. The van der Waals surface area contributed by atoms with Crippen molar-refractivity contribution >= 4 is 17.5 Å². The van der Waals surface area contributed by atoms with Crippen LogP contribution in [0.25, 0.3) is 0 Å². The van der Waals surface area contributed by atoms with Gasteiger partial charge in [0.2, 0.25) is 5.78 Å². The fourth-order valence-corrected chi connectivity index (χ4v) is 6.42. The second kappa shape index (κ2) is 9.84. The summed E-state index contributed by atoms with van der Waals surface area (Å²) < 4.78 is 15.8. The fourth-order valence-electron chi connectivity index (χ4n) is 6.42. The third-order valence-corrected chi connectivity index (χ3v) is 8.22. The number of primary amides is 1. The highest BCUT2D eigenvalue weighted by molar-refractivity contribution is 6.24. The Kier molecular flexibility index (Phi) is 6.77. The number of likely N-dealkylation sites (N-methyl/N-ethyl adjacent to an activating group) is 1. The van der Waals surface area contributed by atoms with E-state index in [2.05, 4.69) is 5.32 Å². The number of Topliss-reactive ketones (excluding diaryl/α,β-unsaturated/α-hetero) is 2. The third kappa shape index (κ3) is 4.00. The van der Waals surface area contributed by atoms with Gasteiger partial charge in [0, 0.05) is 35.7 Å². The Morgan fingerprint density at radius 3 is 2.45 bits per heavy atom. The van der Waals surface area contributed by atoms with E-state index in [9.17, 15) is 34.8 Å². The number of carbonyl (C=O) groups excluding carboxylic acids is 3. The lowest BCUT2D eigenvalue weighted by Gasteiger charge is -2.50. The van der Waals surface area contributed by atoms with Gasteiger partial charge < -0.3 is 31.5 Å². The van der Waals surface area contributed by atoms with Crippen molar-refractivity contribution in [2.75, 3.05) is 14.1 Å². The molecule has 0 saturated carbocycles. The van der Waals surface area contributed by atoms with Crippen molar-refractivity contribution in [1.82, 2.24) is 10.2 Å². The minimum absolute atomic E-state index is 0.0328. The molecule has 5 rings (SSSR count). The van der Waals surface area contributed by atoms with Crippen molar-refractivity contribution < 1.29 is 39.2 Å². The van der Waals surface area contributed by atoms with E-state index in [1.54, 1.807) is 14.1 Å². The molecule has 10 nitrogen and oxygen atoms in total. The summed E-state index contributed by atoms with van der Waals surface area (Å²) in [5.41, 5.74) is 2.12. The summed E-state index contributed by atoms with van der Waals surface area (Å²) in [4.78, 5) is 40.4. The molecule has 0 unspecified atom stereocenters. The Hall–Kier alpha value is -4.06. The zero-order valence-corrected chi connectivity index (χ0v) is 21.9. The van der Waals surface area contributed by atoms with Crippen LogP contribution in [0.2, 0.25) is 0 Å². The van der Waals surface area contributed by atoms with Crippen LogP contribution >= 0.6 is 0 Å². The maximum atomic E-state index is 15.8. The number of halogens is 1. The lowest BCUT2D eigenvalue weighted by Crippen LogP contribution is -2.63. The lowest BCUT2D eigenvalue weighted by molar-refractivity contribution is -0.148. The highest BCUT2D eigenvalue weighted by Gasteiger charge is 2.63. The molecular weight excluding hydrogens is 521 g/mol. The number of amides is 1. The van der Waals surface area contributed by atoms with Crippen LogP contribution in [0.5, 0.6) is 5.75 Å². The maximum absolute atomic E-state index is 15.8. The molecule has 0 bridgehead atoms. The van der Waals surface area contributed by atoms with Gasteiger partial charge in [0.1, 0.15) is 28.7 Å². The Morgan fingerprint density at radius 2 is 1.82 bits per heavy atom. The number of nitrogens with two attached hydrogens (primary N) is 1. The second-order valence-corrected chi connectivity index (χ2v) is 10.8. The Balaban J connectivity index is 1.55. The first-order valence-corrected chi connectivity index (χ1v) is 12.8. The van der Waals surface area contributed by atoms with Crippen LogP contribution < -0.4 is 11.1 Å². The third-order valence-electron chi connectivity index (χ3n) is 8.22. The summed E-state index contributed by atoms with van der Waals surface area (Å²) in [5.74, 6) is -8.38. The number of nitrogens with zero attached hydrogens (tertiary/aromatic N) is 1. The molecule has 0 radical (unpaired) electrons. The van der Waals surface area contributed by atoms with Crippen molar-refractivity contribution in [3.63, 3.8) is 0 Å². The molecule has 2 aromatic rings. The van der Waals surface area contributed by atoms with E-state index in [0.717, 1.165) is 11.6 Å². The SMILES string of the molecule is CN(C)[C@@H]1C(O)=C(C(N)=O)C(=O)[C@@]2(O)C(O)=C3C(=O)c4c(O)cc(CNCc5ccccc5)c(F)c4C[C@H]3C[C@@H]12. The highest BCUT2D eigenvalue weighted by atomic mass is 19.1. The minimum atomic E-state index is -2.74. The quantitative estimate of drug-likeness (QED) is 0.291. The van der Waals surface area contributed by atoms with Gasteiger partial charge in [-0.15, -0.1) is 0 Å². The number of carbonyl (C=O) groups is 3. The number of fused-ring (bicyclic) bond motifs is 3. The van der Waals surface area contributed by atoms with E-state index < -0.39 is 69.6 Å². The first-order chi connectivity index (χ1) is 18.9. The Labute approximate surface area is 229 Å². The number of benzene rings is 2. The van der Waals surface area contributed by atoms with Crippen molar-refractivity contribution in [3.05, 3.63) is 87.1 Å². The van der Waals surface area contributed by atoms with Crippen molar-refractivity contribution in [3.8, 4) is 5.75 Å². The number of aromatic hydroxyl groups is 1. The number of ketones is 2. The number of aliphatic hydroxyl groups excluding tert-OH is 2. The van der Waals surface area contributed by atoms with Crippen LogP contribution in [0.1, 0.15) is 33.5 Å². The number of hydrogen-bond acceptors (Lipinski definition) is 9. The second-order valence-electron chi connectivity index (χ2n) is 10.8. The normalized spacial score (nSPS) is 26.1. The molecule has 2 aromatic carbocycles. The molecular formula is C29H30FN3O7. The first kappa shape index (κ1) is 27.5. The van der Waals surface area contributed by atoms with Crippen LogP contribution in [-0.4, -0.2) is 68.5 Å². The van der Waals surface area contributed by atoms with Gasteiger partial charge in [-0.25, -0.2) is 4.39 Å². The summed E-state index contributed by atoms with van der Waals surface area (Å²) >= 11 is 0. The van der Waals surface area contributed by atoms with Gasteiger partial charge in [0.05, 0.1) is 11.6 Å². The van der Waals surface area contributed by atoms with E-state index >= 15 is 4.39 Å². The molecule has 1 amide bonds. The summed E-state index contributed by atoms with van der Waals surface area (Å²) in [7, 11) is 3.08. The van der Waals surface area contributed by atoms with Crippen LogP contribution in [0.3, 0.4) is 0 Å². The topological polar surface area (TPSA) is 173 Å². The summed E-state index contributed by atoms with van der Waals surface area (Å²) in [6.45, 7) is 0.521. The first-order valence-electron chi connectivity index (χ1n) is 12.8. The molecule has 0 fully saturated rings. The number of nitrogens with one attached hydrogen (secondary N) is 1. The zero-order chi connectivity index (χ0) is 29.1. The van der Waals surface area contributed by atoms with Crippen LogP contribution in [-0.2, 0) is 29.1 Å². The number of hydrogen-bond donors (Lipinski definition) is 6. The molecule has 4 atom stereocenters. The van der Waals surface area contributed by atoms with Crippen molar-refractivity contribution in [2.24, 2.45) is 17.6 Å². The zero-order valence-electron chi connectivity index (χ0n) is 21.9. The minimum Gasteiger partial charge on any atom is -0.510 e. The molecule has 210 valence electrons. The molecule has 3 aliphatic rings. The number of rotatable bonds is 6. The molecule has 0 saturated heterocycles. The van der Waals surface area contributed by atoms with Gasteiger partial charge in [0.25, 0.3) is 5.91 Å². The van der Waals surface area contributed by atoms with Gasteiger partial charge in [-0.05, 0) is 44.5 Å². The molecule has 0 heterocycles. The van der Waals surface area contributed by atoms with E-state index in [0.29, 0.717) is 6.54 Å². The van der Waals surface area contributed by atoms with Gasteiger partial charge in [0.15, 0.2) is 11.4 Å². The van der Waals surface area contributed by atoms with Gasteiger partial charge >= 0.3 is 0 Å². The van der Waals surface area contributed by atoms with Crippen LogP contribution in [0.4, 0.5) is 4.39 Å². The molecule has 11 heteroatoms. The smallest absolute Gasteiger partial charge is 0.255 e. The molecule has 40 heavy (non-hydrogen) atoms. The molecule has 3 aliphatic carbocycles. The number of phenolic OH excluding ortho intramolecular Hbond substituents is 1.